The zero-order chi connectivity index (χ0) is 21.3. The summed E-state index contributed by atoms with van der Waals surface area (Å²) in [5, 5.41) is 0.530. The van der Waals surface area contributed by atoms with Crippen LogP contribution in [0.2, 0.25) is 0 Å². The molecule has 0 radical (unpaired) electrons. The largest absolute Gasteiger partial charge is 0.459 e. The van der Waals surface area contributed by atoms with Crippen molar-refractivity contribution in [2.45, 2.75) is 20.5 Å². The molecule has 0 bridgehead atoms. The Bertz CT molecular complexity index is 988. The van der Waals surface area contributed by atoms with Gasteiger partial charge in [-0.05, 0) is 29.7 Å². The molecule has 1 aromatic heterocycles. The fourth-order valence-electron chi connectivity index (χ4n) is 2.83. The molecule has 0 aliphatic heterocycles. The van der Waals surface area contributed by atoms with Gasteiger partial charge >= 0.3 is 5.97 Å². The van der Waals surface area contributed by atoms with Crippen LogP contribution < -0.4 is 4.74 Å². The molecular weight excluding hydrogens is 398 g/mol. The van der Waals surface area contributed by atoms with Gasteiger partial charge in [-0.2, -0.15) is 0 Å². The molecule has 0 amide bonds. The number of pyridine rings is 1. The molecule has 1 atom stereocenters. The number of halogens is 1. The van der Waals surface area contributed by atoms with Crippen LogP contribution in [0.4, 0.5) is 0 Å². The van der Waals surface area contributed by atoms with Gasteiger partial charge in [-0.3, -0.25) is 4.79 Å². The third-order valence-electron chi connectivity index (χ3n) is 4.47. The van der Waals surface area contributed by atoms with Crippen LogP contribution in [0.1, 0.15) is 25.1 Å². The Balaban J connectivity index is 1.65. The van der Waals surface area contributed by atoms with Crippen molar-refractivity contribution in [3.63, 3.8) is 0 Å². The van der Waals surface area contributed by atoms with Gasteiger partial charge in [0.05, 0.1) is 11.6 Å². The van der Waals surface area contributed by atoms with E-state index in [2.05, 4.69) is 4.98 Å². The lowest BCUT2D eigenvalue weighted by Gasteiger charge is -2.17. The second-order valence-electron chi connectivity index (χ2n) is 7.14. The summed E-state index contributed by atoms with van der Waals surface area (Å²) in [5.41, 5.74) is 1.47. The van der Waals surface area contributed by atoms with Gasteiger partial charge in [0.2, 0.25) is 5.88 Å². The highest BCUT2D eigenvalue weighted by molar-refractivity contribution is 6.48. The molecule has 3 rings (SSSR count). The molecule has 0 fully saturated rings. The minimum absolute atomic E-state index is 0.0377. The molecule has 4 nitrogen and oxygen atoms in total. The number of aromatic nitrogens is 1. The minimum Gasteiger partial charge on any atom is -0.459 e. The lowest BCUT2D eigenvalue weighted by atomic mass is 9.94. The number of para-hydroxylation sites is 1. The fraction of sp³-hybridized carbons (Fsp3) is 0.200. The number of benzene rings is 2. The Morgan fingerprint density at radius 3 is 2.30 bits per heavy atom. The summed E-state index contributed by atoms with van der Waals surface area (Å²) in [5.74, 6) is 0.384. The maximum absolute atomic E-state index is 12.7. The lowest BCUT2D eigenvalue weighted by molar-refractivity contribution is -0.149. The quantitative estimate of drug-likeness (QED) is 0.391. The van der Waals surface area contributed by atoms with Crippen LogP contribution in [0.5, 0.6) is 11.6 Å². The number of rotatable bonds is 8. The Labute approximate surface area is 182 Å². The Kier molecular flexibility index (Phi) is 7.63. The second kappa shape index (κ2) is 10.6. The van der Waals surface area contributed by atoms with Gasteiger partial charge in [0, 0.05) is 11.1 Å². The van der Waals surface area contributed by atoms with Crippen LogP contribution in [0.15, 0.2) is 84.9 Å². The van der Waals surface area contributed by atoms with E-state index in [4.69, 9.17) is 21.1 Å². The topological polar surface area (TPSA) is 48.4 Å². The van der Waals surface area contributed by atoms with E-state index < -0.39 is 5.92 Å². The first-order valence-corrected chi connectivity index (χ1v) is 10.2. The van der Waals surface area contributed by atoms with Crippen molar-refractivity contribution in [1.29, 1.82) is 0 Å². The highest BCUT2D eigenvalue weighted by atomic mass is 35.5. The molecular formula is C25H24ClNO3. The SMILES string of the molecule is CC(C)C(/C=C(/Cl)c1ccccc1)C(=O)OCc1cccc(Oc2ccccc2)n1. The number of hydrogen-bond donors (Lipinski definition) is 0. The van der Waals surface area contributed by atoms with Crippen LogP contribution in [0, 0.1) is 11.8 Å². The predicted octanol–water partition coefficient (Wildman–Crippen LogP) is 6.47. The van der Waals surface area contributed by atoms with Gasteiger partial charge in [0.15, 0.2) is 0 Å². The van der Waals surface area contributed by atoms with Crippen molar-refractivity contribution in [1.82, 2.24) is 4.98 Å². The van der Waals surface area contributed by atoms with Crippen molar-refractivity contribution >= 4 is 22.6 Å². The highest BCUT2D eigenvalue weighted by Gasteiger charge is 2.22. The zero-order valence-corrected chi connectivity index (χ0v) is 17.8. The molecule has 1 heterocycles. The van der Waals surface area contributed by atoms with Crippen molar-refractivity contribution in [2.75, 3.05) is 0 Å². The van der Waals surface area contributed by atoms with Crippen LogP contribution in [0.25, 0.3) is 5.03 Å². The van der Waals surface area contributed by atoms with E-state index in [1.807, 2.05) is 80.6 Å². The third-order valence-corrected chi connectivity index (χ3v) is 4.82. The second-order valence-corrected chi connectivity index (χ2v) is 7.55. The van der Waals surface area contributed by atoms with Gasteiger partial charge in [-0.25, -0.2) is 4.98 Å². The molecule has 5 heteroatoms. The van der Waals surface area contributed by atoms with Crippen LogP contribution >= 0.6 is 11.6 Å². The van der Waals surface area contributed by atoms with Crippen LogP contribution in [0.3, 0.4) is 0 Å². The van der Waals surface area contributed by atoms with E-state index in [1.54, 1.807) is 18.2 Å². The van der Waals surface area contributed by atoms with E-state index >= 15 is 0 Å². The summed E-state index contributed by atoms with van der Waals surface area (Å²) in [6.45, 7) is 3.99. The third kappa shape index (κ3) is 6.19. The summed E-state index contributed by atoms with van der Waals surface area (Å²) < 4.78 is 11.3. The average Bonchev–Trinajstić information content (AvgIpc) is 2.77. The fourth-order valence-corrected chi connectivity index (χ4v) is 3.09. The first-order chi connectivity index (χ1) is 14.5. The zero-order valence-electron chi connectivity index (χ0n) is 17.0. The number of carbonyl (C=O) groups excluding carboxylic acids is 1. The number of hydrogen-bond acceptors (Lipinski definition) is 4. The number of esters is 1. The molecule has 2 aromatic carbocycles. The molecule has 0 spiro atoms. The number of ether oxygens (including phenoxy) is 2. The van der Waals surface area contributed by atoms with Crippen molar-refractivity contribution < 1.29 is 14.3 Å². The summed E-state index contributed by atoms with van der Waals surface area (Å²) in [6.07, 6.45) is 1.76. The Hall–Kier alpha value is -3.11. The first-order valence-electron chi connectivity index (χ1n) is 9.81. The molecule has 0 N–H and O–H groups in total. The monoisotopic (exact) mass is 421 g/mol. The van der Waals surface area contributed by atoms with Gasteiger partial charge in [-0.15, -0.1) is 0 Å². The standard InChI is InChI=1S/C25H24ClNO3/c1-18(2)22(16-23(26)19-10-5-3-6-11-19)25(28)29-17-20-12-9-15-24(27-20)30-21-13-7-4-8-14-21/h3-16,18,22H,17H2,1-2H3/b23-16+. The highest BCUT2D eigenvalue weighted by Crippen LogP contribution is 2.25. The van der Waals surface area contributed by atoms with E-state index in [1.165, 1.54) is 0 Å². The maximum Gasteiger partial charge on any atom is 0.313 e. The molecule has 0 saturated heterocycles. The summed E-state index contributed by atoms with van der Waals surface area (Å²) in [4.78, 5) is 17.1. The first kappa shape index (κ1) is 21.6. The predicted molar refractivity (Wildman–Crippen MR) is 119 cm³/mol. The van der Waals surface area contributed by atoms with Crippen molar-refractivity contribution in [3.05, 3.63) is 96.2 Å². The Morgan fingerprint density at radius 1 is 0.967 bits per heavy atom. The molecule has 3 aromatic rings. The van der Waals surface area contributed by atoms with Crippen LogP contribution in [-0.2, 0) is 16.1 Å². The lowest BCUT2D eigenvalue weighted by Crippen LogP contribution is -2.21. The molecule has 154 valence electrons. The number of carbonyl (C=O) groups is 1. The minimum atomic E-state index is -0.457. The van der Waals surface area contributed by atoms with E-state index in [-0.39, 0.29) is 18.5 Å². The molecule has 0 saturated carbocycles. The van der Waals surface area contributed by atoms with E-state index in [0.29, 0.717) is 22.4 Å². The average molecular weight is 422 g/mol. The summed E-state index contributed by atoms with van der Waals surface area (Å²) in [6, 6.07) is 24.3. The molecule has 30 heavy (non-hydrogen) atoms. The van der Waals surface area contributed by atoms with Gasteiger partial charge in [0.25, 0.3) is 0 Å². The Morgan fingerprint density at radius 2 is 1.63 bits per heavy atom. The van der Waals surface area contributed by atoms with Crippen molar-refractivity contribution in [2.24, 2.45) is 11.8 Å². The molecule has 0 aliphatic carbocycles. The summed E-state index contributed by atoms with van der Waals surface area (Å²) in [7, 11) is 0. The molecule has 1 unspecified atom stereocenters. The van der Waals surface area contributed by atoms with Gasteiger partial charge < -0.3 is 9.47 Å². The van der Waals surface area contributed by atoms with E-state index in [0.717, 1.165) is 5.56 Å². The van der Waals surface area contributed by atoms with Crippen LogP contribution in [-0.4, -0.2) is 11.0 Å². The smallest absolute Gasteiger partial charge is 0.313 e. The summed E-state index contributed by atoms with van der Waals surface area (Å²) >= 11 is 6.43. The van der Waals surface area contributed by atoms with Crippen molar-refractivity contribution in [3.8, 4) is 11.6 Å². The van der Waals surface area contributed by atoms with E-state index in [9.17, 15) is 4.79 Å². The number of nitrogens with zero attached hydrogens (tertiary/aromatic N) is 1. The molecule has 0 aliphatic rings. The van der Waals surface area contributed by atoms with Gasteiger partial charge in [0.1, 0.15) is 12.4 Å². The maximum atomic E-state index is 12.7. The normalized spacial score (nSPS) is 12.5. The van der Waals surface area contributed by atoms with Gasteiger partial charge in [-0.1, -0.05) is 86.1 Å².